The molecule has 0 saturated carbocycles. The molecule has 2 aromatic rings. The number of carbonyl (C=O) groups is 2. The Bertz CT molecular complexity index is 890. The summed E-state index contributed by atoms with van der Waals surface area (Å²) in [6.07, 6.45) is 0. The highest BCUT2D eigenvalue weighted by Crippen LogP contribution is 2.27. The number of hydrogen-bond donors (Lipinski definition) is 2. The standard InChI is InChI=1S/C16H10F5NO5/c1-26-6-2-3-7(8(23)4-6)16(25)27-5-9(24)22-15-13(20)11(18)10(17)12(19)14(15)21/h2-4,23H,5H2,1H3,(H,22,24). The van der Waals surface area contributed by atoms with Crippen molar-refractivity contribution in [2.24, 2.45) is 0 Å². The Hall–Kier alpha value is -3.37. The van der Waals surface area contributed by atoms with Crippen molar-refractivity contribution in [2.45, 2.75) is 0 Å². The first kappa shape index (κ1) is 19.9. The first-order valence-corrected chi connectivity index (χ1v) is 7.02. The monoisotopic (exact) mass is 391 g/mol. The molecular weight excluding hydrogens is 381 g/mol. The second-order valence-electron chi connectivity index (χ2n) is 4.95. The van der Waals surface area contributed by atoms with Crippen molar-refractivity contribution >= 4 is 17.6 Å². The van der Waals surface area contributed by atoms with Gasteiger partial charge in [0.05, 0.1) is 7.11 Å². The van der Waals surface area contributed by atoms with Crippen LogP contribution in [0.4, 0.5) is 27.6 Å². The number of nitrogens with one attached hydrogen (secondary N) is 1. The molecule has 1 amide bonds. The van der Waals surface area contributed by atoms with Crippen LogP contribution in [0.1, 0.15) is 10.4 Å². The van der Waals surface area contributed by atoms with E-state index in [2.05, 4.69) is 4.74 Å². The highest BCUT2D eigenvalue weighted by molar-refractivity contribution is 5.97. The molecule has 2 N–H and O–H groups in total. The molecular formula is C16H10F5NO5. The van der Waals surface area contributed by atoms with Gasteiger partial charge in [0, 0.05) is 6.07 Å². The molecule has 0 aliphatic rings. The van der Waals surface area contributed by atoms with Crippen molar-refractivity contribution in [3.8, 4) is 11.5 Å². The minimum absolute atomic E-state index is 0.230. The summed E-state index contributed by atoms with van der Waals surface area (Å²) >= 11 is 0. The molecule has 2 rings (SSSR count). The molecule has 0 saturated heterocycles. The Kier molecular flexibility index (Phi) is 5.83. The Morgan fingerprint density at radius 2 is 1.56 bits per heavy atom. The van der Waals surface area contributed by atoms with E-state index in [4.69, 9.17) is 4.74 Å². The van der Waals surface area contributed by atoms with Crippen molar-refractivity contribution < 1.29 is 46.1 Å². The fraction of sp³-hybridized carbons (Fsp3) is 0.125. The molecule has 0 radical (unpaired) electrons. The molecule has 0 aliphatic heterocycles. The predicted octanol–water partition coefficient (Wildman–Crippen LogP) is 2.89. The zero-order valence-corrected chi connectivity index (χ0v) is 13.4. The second-order valence-corrected chi connectivity index (χ2v) is 4.95. The van der Waals surface area contributed by atoms with Gasteiger partial charge in [0.1, 0.15) is 22.7 Å². The molecule has 0 aromatic heterocycles. The third-order valence-electron chi connectivity index (χ3n) is 3.23. The van der Waals surface area contributed by atoms with Crippen LogP contribution in [0.2, 0.25) is 0 Å². The van der Waals surface area contributed by atoms with Crippen molar-refractivity contribution in [3.63, 3.8) is 0 Å². The number of hydrogen-bond acceptors (Lipinski definition) is 5. The number of methoxy groups -OCH3 is 1. The van der Waals surface area contributed by atoms with Gasteiger partial charge in [-0.1, -0.05) is 0 Å². The molecule has 0 atom stereocenters. The maximum Gasteiger partial charge on any atom is 0.342 e. The molecule has 0 fully saturated rings. The maximum atomic E-state index is 13.5. The Labute approximate surface area is 148 Å². The summed E-state index contributed by atoms with van der Waals surface area (Å²) in [5, 5.41) is 11.1. The highest BCUT2D eigenvalue weighted by atomic mass is 19.2. The average Bonchev–Trinajstić information content (AvgIpc) is 2.66. The number of phenolic OH excluding ortho intramolecular Hbond substituents is 1. The van der Waals surface area contributed by atoms with Crippen LogP contribution in [0, 0.1) is 29.1 Å². The van der Waals surface area contributed by atoms with E-state index in [1.807, 2.05) is 0 Å². The predicted molar refractivity (Wildman–Crippen MR) is 79.8 cm³/mol. The summed E-state index contributed by atoms with van der Waals surface area (Å²) in [7, 11) is 1.32. The van der Waals surface area contributed by atoms with Gasteiger partial charge in [-0.05, 0) is 12.1 Å². The Balaban J connectivity index is 2.08. The van der Waals surface area contributed by atoms with Crippen molar-refractivity contribution in [1.82, 2.24) is 0 Å². The topological polar surface area (TPSA) is 84.9 Å². The van der Waals surface area contributed by atoms with Gasteiger partial charge in [-0.2, -0.15) is 0 Å². The van der Waals surface area contributed by atoms with Crippen LogP contribution in [-0.2, 0) is 9.53 Å². The summed E-state index contributed by atoms with van der Waals surface area (Å²) in [4.78, 5) is 23.4. The first-order valence-electron chi connectivity index (χ1n) is 7.02. The lowest BCUT2D eigenvalue weighted by Gasteiger charge is -2.10. The van der Waals surface area contributed by atoms with Gasteiger partial charge in [0.15, 0.2) is 29.9 Å². The number of rotatable bonds is 5. The van der Waals surface area contributed by atoms with E-state index in [-0.39, 0.29) is 11.3 Å². The molecule has 0 heterocycles. The third kappa shape index (κ3) is 4.07. The second kappa shape index (κ2) is 7.89. The molecule has 144 valence electrons. The fourth-order valence-corrected chi connectivity index (χ4v) is 1.91. The van der Waals surface area contributed by atoms with Crippen LogP contribution >= 0.6 is 0 Å². The number of ether oxygens (including phenoxy) is 2. The number of esters is 1. The highest BCUT2D eigenvalue weighted by Gasteiger charge is 2.27. The number of anilines is 1. The molecule has 6 nitrogen and oxygen atoms in total. The lowest BCUT2D eigenvalue weighted by molar-refractivity contribution is -0.119. The molecule has 0 unspecified atom stereocenters. The Morgan fingerprint density at radius 1 is 1.00 bits per heavy atom. The molecule has 2 aromatic carbocycles. The quantitative estimate of drug-likeness (QED) is 0.354. The summed E-state index contributed by atoms with van der Waals surface area (Å²) in [5.41, 5.74) is -1.93. The van der Waals surface area contributed by atoms with Crippen LogP contribution in [-0.4, -0.2) is 30.7 Å². The van der Waals surface area contributed by atoms with E-state index in [9.17, 15) is 36.6 Å². The smallest absolute Gasteiger partial charge is 0.342 e. The molecule has 0 aliphatic carbocycles. The van der Waals surface area contributed by atoms with Gasteiger partial charge in [-0.3, -0.25) is 4.79 Å². The number of halogens is 5. The van der Waals surface area contributed by atoms with E-state index >= 15 is 0 Å². The summed E-state index contributed by atoms with van der Waals surface area (Å²) in [6.45, 7) is -1.12. The van der Waals surface area contributed by atoms with Crippen LogP contribution < -0.4 is 10.1 Å². The fourth-order valence-electron chi connectivity index (χ4n) is 1.91. The largest absolute Gasteiger partial charge is 0.507 e. The van der Waals surface area contributed by atoms with Gasteiger partial charge in [-0.25, -0.2) is 26.7 Å². The SMILES string of the molecule is COc1ccc(C(=O)OCC(=O)Nc2c(F)c(F)c(F)c(F)c2F)c(O)c1. The van der Waals surface area contributed by atoms with Gasteiger partial charge < -0.3 is 19.9 Å². The number of carbonyl (C=O) groups excluding carboxylic acids is 2. The summed E-state index contributed by atoms with van der Waals surface area (Å²) < 4.78 is 75.3. The van der Waals surface area contributed by atoms with E-state index in [1.165, 1.54) is 18.5 Å². The number of amides is 1. The van der Waals surface area contributed by atoms with Gasteiger partial charge >= 0.3 is 5.97 Å². The zero-order chi connectivity index (χ0) is 20.3. The van der Waals surface area contributed by atoms with Gasteiger partial charge in [0.25, 0.3) is 5.91 Å². The molecule has 27 heavy (non-hydrogen) atoms. The van der Waals surface area contributed by atoms with Gasteiger partial charge in [-0.15, -0.1) is 0 Å². The van der Waals surface area contributed by atoms with Crippen molar-refractivity contribution in [2.75, 3.05) is 19.0 Å². The number of aromatic hydroxyl groups is 1. The van der Waals surface area contributed by atoms with Crippen LogP contribution in [0.25, 0.3) is 0 Å². The first-order chi connectivity index (χ1) is 12.7. The van der Waals surface area contributed by atoms with Crippen LogP contribution in [0.5, 0.6) is 11.5 Å². The lowest BCUT2D eigenvalue weighted by Crippen LogP contribution is -2.23. The van der Waals surface area contributed by atoms with Gasteiger partial charge in [0.2, 0.25) is 5.82 Å². The van der Waals surface area contributed by atoms with E-state index in [0.717, 1.165) is 12.1 Å². The summed E-state index contributed by atoms with van der Waals surface area (Å²) in [6, 6.07) is 3.52. The average molecular weight is 391 g/mol. The minimum atomic E-state index is -2.38. The maximum absolute atomic E-state index is 13.5. The lowest BCUT2D eigenvalue weighted by atomic mass is 10.2. The van der Waals surface area contributed by atoms with Crippen LogP contribution in [0.15, 0.2) is 18.2 Å². The molecule has 0 spiro atoms. The minimum Gasteiger partial charge on any atom is -0.507 e. The van der Waals surface area contributed by atoms with Crippen molar-refractivity contribution in [1.29, 1.82) is 0 Å². The van der Waals surface area contributed by atoms with Crippen LogP contribution in [0.3, 0.4) is 0 Å². The molecule has 0 bridgehead atoms. The Morgan fingerprint density at radius 3 is 2.07 bits per heavy atom. The van der Waals surface area contributed by atoms with E-state index < -0.39 is 59.0 Å². The summed E-state index contributed by atoms with van der Waals surface area (Å²) in [5.74, 6) is -14.2. The zero-order valence-electron chi connectivity index (χ0n) is 13.4. The van der Waals surface area contributed by atoms with Crippen molar-refractivity contribution in [3.05, 3.63) is 52.8 Å². The third-order valence-corrected chi connectivity index (χ3v) is 3.23. The van der Waals surface area contributed by atoms with E-state index in [0.29, 0.717) is 0 Å². The van der Waals surface area contributed by atoms with E-state index in [1.54, 1.807) is 0 Å². The number of benzene rings is 2. The normalized spacial score (nSPS) is 10.4. The molecule has 11 heteroatoms. The number of phenols is 1.